The molecule has 1 unspecified atom stereocenters. The number of amides is 1. The fourth-order valence-corrected chi connectivity index (χ4v) is 2.49. The maximum absolute atomic E-state index is 11.9. The summed E-state index contributed by atoms with van der Waals surface area (Å²) in [6.07, 6.45) is 3.88. The molecule has 5 heteroatoms. The minimum Gasteiger partial charge on any atom is -0.497 e. The summed E-state index contributed by atoms with van der Waals surface area (Å²) in [7, 11) is 3.42. The molecule has 3 nitrogen and oxygen atoms in total. The summed E-state index contributed by atoms with van der Waals surface area (Å²) in [6.45, 7) is 2.01. The van der Waals surface area contributed by atoms with Crippen LogP contribution in [0.25, 0.3) is 5.70 Å². The van der Waals surface area contributed by atoms with Gasteiger partial charge in [0.2, 0.25) is 5.91 Å². The van der Waals surface area contributed by atoms with E-state index >= 15 is 0 Å². The van der Waals surface area contributed by atoms with E-state index in [1.165, 1.54) is 0 Å². The van der Waals surface area contributed by atoms with Crippen LogP contribution >= 0.6 is 15.9 Å². The van der Waals surface area contributed by atoms with Crippen molar-refractivity contribution in [2.45, 2.75) is 18.2 Å². The molecule has 0 aromatic heterocycles. The number of benzene rings is 1. The van der Waals surface area contributed by atoms with Crippen LogP contribution in [-0.4, -0.2) is 29.8 Å². The minimum atomic E-state index is -0.162. The van der Waals surface area contributed by atoms with Gasteiger partial charge in [-0.2, -0.15) is 0 Å². The first kappa shape index (κ1) is 16.9. The molecule has 1 aliphatic rings. The van der Waals surface area contributed by atoms with Gasteiger partial charge in [-0.3, -0.25) is 4.79 Å². The number of hydrogen-bond donors (Lipinski definition) is 0. The first-order valence-electron chi connectivity index (χ1n) is 5.72. The van der Waals surface area contributed by atoms with Crippen molar-refractivity contribution in [3.8, 4) is 5.75 Å². The Kier molecular flexibility index (Phi) is 6.22. The zero-order chi connectivity index (χ0) is 13.3. The van der Waals surface area contributed by atoms with Gasteiger partial charge in [-0.1, -0.05) is 29.3 Å². The van der Waals surface area contributed by atoms with Crippen molar-refractivity contribution in [3.63, 3.8) is 0 Å². The van der Waals surface area contributed by atoms with Crippen molar-refractivity contribution in [1.82, 2.24) is 4.90 Å². The molecule has 1 radical (unpaired) electrons. The molecule has 1 atom stereocenters. The number of alkyl halides is 1. The largest absolute Gasteiger partial charge is 0.497 e. The minimum absolute atomic E-state index is 0. The smallest absolute Gasteiger partial charge is 0.236 e. The van der Waals surface area contributed by atoms with Crippen LogP contribution in [0.3, 0.4) is 0 Å². The molecule has 0 spiro atoms. The van der Waals surface area contributed by atoms with Crippen molar-refractivity contribution < 1.29 is 42.2 Å². The number of rotatable bonds is 2. The predicted octanol–water partition coefficient (Wildman–Crippen LogP) is 2.77. The number of methoxy groups -OCH3 is 1. The van der Waals surface area contributed by atoms with Gasteiger partial charge in [0.25, 0.3) is 0 Å². The van der Waals surface area contributed by atoms with Crippen molar-refractivity contribution in [2.75, 3.05) is 14.2 Å². The van der Waals surface area contributed by atoms with Crippen LogP contribution in [0, 0.1) is 13.0 Å². The van der Waals surface area contributed by atoms with E-state index in [4.69, 9.17) is 4.74 Å². The average molecular weight is 398 g/mol. The van der Waals surface area contributed by atoms with Crippen LogP contribution in [0.15, 0.2) is 18.2 Å². The first-order valence-corrected chi connectivity index (χ1v) is 6.63. The van der Waals surface area contributed by atoms with E-state index in [1.807, 2.05) is 25.1 Å². The van der Waals surface area contributed by atoms with E-state index in [9.17, 15) is 4.79 Å². The number of hydrogen-bond acceptors (Lipinski definition) is 2. The molecule has 1 heterocycles. The molecule has 1 aromatic rings. The average Bonchev–Trinajstić information content (AvgIpc) is 2.37. The zero-order valence-corrected chi connectivity index (χ0v) is 15.7. The van der Waals surface area contributed by atoms with Crippen LogP contribution in [-0.2, 0) is 37.5 Å². The maximum atomic E-state index is 11.9. The Morgan fingerprint density at radius 2 is 2.16 bits per heavy atom. The van der Waals surface area contributed by atoms with Crippen LogP contribution in [0.5, 0.6) is 5.75 Å². The molecule has 0 aliphatic carbocycles. The fourth-order valence-electron chi connectivity index (χ4n) is 2.02. The molecule has 0 fully saturated rings. The summed E-state index contributed by atoms with van der Waals surface area (Å²) >= 11 is 3.35. The van der Waals surface area contributed by atoms with Gasteiger partial charge >= 0.3 is 0 Å². The third-order valence-electron chi connectivity index (χ3n) is 3.07. The SMILES string of the molecule is COc1ccc(C2=[C-]CC(Br)C(=O)N2C)c(C)c1.[Y]. The number of carbonyl (C=O) groups excluding carboxylic acids is 1. The van der Waals surface area contributed by atoms with Gasteiger partial charge in [0.1, 0.15) is 5.75 Å². The molecular formula is C14H15BrNO2Y-. The molecule has 99 valence electrons. The number of carbonyl (C=O) groups is 1. The predicted molar refractivity (Wildman–Crippen MR) is 74.5 cm³/mol. The quantitative estimate of drug-likeness (QED) is 0.567. The number of halogens is 1. The van der Waals surface area contributed by atoms with E-state index in [0.29, 0.717) is 6.42 Å². The van der Waals surface area contributed by atoms with Crippen molar-refractivity contribution in [2.24, 2.45) is 0 Å². The maximum Gasteiger partial charge on any atom is 0.236 e. The van der Waals surface area contributed by atoms with E-state index in [2.05, 4.69) is 22.0 Å². The van der Waals surface area contributed by atoms with Gasteiger partial charge in [0.05, 0.1) is 11.9 Å². The Labute approximate surface area is 147 Å². The summed E-state index contributed by atoms with van der Waals surface area (Å²) in [5.74, 6) is 0.888. The van der Waals surface area contributed by atoms with E-state index in [0.717, 1.165) is 22.6 Å². The Hall–Kier alpha value is -0.186. The summed E-state index contributed by atoms with van der Waals surface area (Å²) in [5, 5.41) is 0. The molecule has 1 aliphatic heterocycles. The van der Waals surface area contributed by atoms with Gasteiger partial charge in [-0.25, -0.2) is 6.08 Å². The fraction of sp³-hybridized carbons (Fsp3) is 0.357. The Morgan fingerprint density at radius 3 is 2.74 bits per heavy atom. The monoisotopic (exact) mass is 397 g/mol. The van der Waals surface area contributed by atoms with Crippen LogP contribution < -0.4 is 4.74 Å². The third kappa shape index (κ3) is 3.47. The van der Waals surface area contributed by atoms with Crippen LogP contribution in [0.1, 0.15) is 17.5 Å². The van der Waals surface area contributed by atoms with Gasteiger partial charge in [-0.15, -0.1) is 22.9 Å². The first-order chi connectivity index (χ1) is 8.54. The second-order valence-electron chi connectivity index (χ2n) is 4.28. The number of allylic oxidation sites excluding steroid dienone is 1. The molecule has 0 saturated carbocycles. The normalized spacial score (nSPS) is 18.7. The standard InChI is InChI=1S/C14H15BrNO2.Y/c1-9-8-10(18-3)4-5-11(9)13-7-6-12(15)14(17)16(13)2;/h4-5,8,12H,6H2,1-3H3;/q-1;. The van der Waals surface area contributed by atoms with Crippen LogP contribution in [0.4, 0.5) is 0 Å². The second kappa shape index (κ2) is 7.00. The zero-order valence-electron chi connectivity index (χ0n) is 11.2. The second-order valence-corrected chi connectivity index (χ2v) is 5.38. The number of ether oxygens (including phenoxy) is 1. The molecule has 1 aromatic carbocycles. The van der Waals surface area contributed by atoms with Gasteiger partial charge < -0.3 is 9.64 Å². The summed E-state index contributed by atoms with van der Waals surface area (Å²) in [5.41, 5.74) is 2.94. The van der Waals surface area contributed by atoms with Crippen molar-refractivity contribution >= 4 is 27.5 Å². The number of nitrogens with zero attached hydrogens (tertiary/aromatic N) is 1. The molecule has 0 saturated heterocycles. The van der Waals surface area contributed by atoms with E-state index in [1.54, 1.807) is 19.1 Å². The molecule has 19 heavy (non-hydrogen) atoms. The van der Waals surface area contributed by atoms with Gasteiger partial charge in [0, 0.05) is 39.8 Å². The number of aryl methyl sites for hydroxylation is 1. The van der Waals surface area contributed by atoms with Gasteiger partial charge in [-0.05, 0) is 12.1 Å². The molecule has 0 bridgehead atoms. The van der Waals surface area contributed by atoms with Crippen LogP contribution in [0.2, 0.25) is 0 Å². The molecular weight excluding hydrogens is 383 g/mol. The van der Waals surface area contributed by atoms with Crippen molar-refractivity contribution in [1.29, 1.82) is 0 Å². The van der Waals surface area contributed by atoms with Crippen molar-refractivity contribution in [3.05, 3.63) is 35.4 Å². The van der Waals surface area contributed by atoms with E-state index < -0.39 is 0 Å². The summed E-state index contributed by atoms with van der Waals surface area (Å²) in [6, 6.07) is 5.83. The molecule has 2 rings (SSSR count). The molecule has 0 N–H and O–H groups in total. The molecule has 1 amide bonds. The summed E-state index contributed by atoms with van der Waals surface area (Å²) in [4.78, 5) is 13.4. The topological polar surface area (TPSA) is 29.5 Å². The third-order valence-corrected chi connectivity index (χ3v) is 3.79. The Morgan fingerprint density at radius 1 is 1.47 bits per heavy atom. The summed E-state index contributed by atoms with van der Waals surface area (Å²) < 4.78 is 5.18. The Bertz CT molecular complexity index is 516. The Balaban J connectivity index is 0.00000180. The van der Waals surface area contributed by atoms with Gasteiger partial charge in [0.15, 0.2) is 0 Å². The van der Waals surface area contributed by atoms with E-state index in [-0.39, 0.29) is 43.4 Å².